The van der Waals surface area contributed by atoms with E-state index in [1.807, 2.05) is 36.4 Å². The molecule has 0 bridgehead atoms. The number of rotatable bonds is 4. The Morgan fingerprint density at radius 1 is 1.25 bits per heavy atom. The van der Waals surface area contributed by atoms with Gasteiger partial charge in [0.25, 0.3) is 0 Å². The van der Waals surface area contributed by atoms with E-state index in [9.17, 15) is 4.39 Å². The van der Waals surface area contributed by atoms with Crippen molar-refractivity contribution < 1.29 is 4.39 Å². The summed E-state index contributed by atoms with van der Waals surface area (Å²) in [6, 6.07) is 13.0. The number of hydrogen-bond donors (Lipinski definition) is 2. The van der Waals surface area contributed by atoms with Crippen LogP contribution in [0.3, 0.4) is 0 Å². The Kier molecular flexibility index (Phi) is 5.79. The first-order chi connectivity index (χ1) is 13.3. The van der Waals surface area contributed by atoms with Crippen molar-refractivity contribution in [2.24, 2.45) is 5.10 Å². The van der Waals surface area contributed by atoms with Crippen LogP contribution in [-0.2, 0) is 0 Å². The van der Waals surface area contributed by atoms with Gasteiger partial charge in [-0.15, -0.1) is 0 Å². The summed E-state index contributed by atoms with van der Waals surface area (Å²) < 4.78 is 14.7. The van der Waals surface area contributed by atoms with Crippen LogP contribution in [0.15, 0.2) is 53.6 Å². The summed E-state index contributed by atoms with van der Waals surface area (Å²) in [5.74, 6) is -0.310. The quantitative estimate of drug-likeness (QED) is 0.425. The third kappa shape index (κ3) is 4.22. The molecule has 0 atom stereocenters. The molecule has 2 N–H and O–H groups in total. The van der Waals surface area contributed by atoms with Crippen LogP contribution in [0, 0.1) is 5.82 Å². The predicted molar refractivity (Wildman–Crippen MR) is 121 cm³/mol. The van der Waals surface area contributed by atoms with Crippen molar-refractivity contribution in [1.82, 2.24) is 5.43 Å². The number of hydrazone groups is 1. The fourth-order valence-corrected chi connectivity index (χ4v) is 3.80. The van der Waals surface area contributed by atoms with Gasteiger partial charge in [-0.3, -0.25) is 5.43 Å². The molecule has 4 nitrogen and oxygen atoms in total. The Morgan fingerprint density at radius 2 is 1.96 bits per heavy atom. The van der Waals surface area contributed by atoms with Crippen molar-refractivity contribution in [3.8, 4) is 0 Å². The van der Waals surface area contributed by atoms with E-state index >= 15 is 0 Å². The van der Waals surface area contributed by atoms with Crippen LogP contribution in [0.25, 0.3) is 5.57 Å². The van der Waals surface area contributed by atoms with E-state index in [4.69, 9.17) is 12.2 Å². The fourth-order valence-electron chi connectivity index (χ4n) is 3.63. The topological polar surface area (TPSA) is 39.7 Å². The number of anilines is 2. The third-order valence-corrected chi connectivity index (χ3v) is 5.01. The van der Waals surface area contributed by atoms with Gasteiger partial charge in [0.1, 0.15) is 5.82 Å². The summed E-state index contributed by atoms with van der Waals surface area (Å²) in [5, 5.41) is 7.45. The van der Waals surface area contributed by atoms with Gasteiger partial charge in [-0.2, -0.15) is 5.10 Å². The molecule has 2 aromatic rings. The van der Waals surface area contributed by atoms with Gasteiger partial charge in [0, 0.05) is 29.0 Å². The van der Waals surface area contributed by atoms with Crippen LogP contribution in [0.2, 0.25) is 0 Å². The van der Waals surface area contributed by atoms with Gasteiger partial charge in [-0.05, 0) is 69.8 Å². The molecule has 28 heavy (non-hydrogen) atoms. The minimum Gasteiger partial charge on any atom is -0.363 e. The zero-order valence-corrected chi connectivity index (χ0v) is 17.4. The van der Waals surface area contributed by atoms with Crippen molar-refractivity contribution in [1.29, 1.82) is 0 Å². The Balaban J connectivity index is 1.78. The molecular formula is C22H25FN4S. The van der Waals surface area contributed by atoms with E-state index in [2.05, 4.69) is 54.5 Å². The minimum atomic E-state index is -0.310. The minimum absolute atomic E-state index is 0.148. The highest BCUT2D eigenvalue weighted by molar-refractivity contribution is 7.80. The number of nitrogens with zero attached hydrogens (tertiary/aromatic N) is 2. The first kappa shape index (κ1) is 20.0. The van der Waals surface area contributed by atoms with E-state index in [1.165, 1.54) is 6.21 Å². The standard InChI is InChI=1S/C22H25FN4S/c1-5-27-20-12-19(23)16(11-18(20)15(2)13-22(27,3)4)14-24-26-21(28)25-17-9-7-6-8-10-17/h6-14H,5H2,1-4H3,(H2,25,26,28)/b24-14+. The Bertz CT molecular complexity index is 935. The molecule has 2 aromatic carbocycles. The molecule has 3 rings (SSSR count). The second kappa shape index (κ2) is 8.10. The van der Waals surface area contributed by atoms with Crippen LogP contribution in [0.1, 0.15) is 38.8 Å². The number of nitrogens with one attached hydrogen (secondary N) is 2. The van der Waals surface area contributed by atoms with Gasteiger partial charge in [0.15, 0.2) is 5.11 Å². The number of benzene rings is 2. The molecule has 0 aliphatic carbocycles. The molecule has 0 radical (unpaired) electrons. The smallest absolute Gasteiger partial charge is 0.191 e. The normalized spacial score (nSPS) is 15.2. The van der Waals surface area contributed by atoms with E-state index < -0.39 is 0 Å². The van der Waals surface area contributed by atoms with Crippen LogP contribution >= 0.6 is 12.2 Å². The van der Waals surface area contributed by atoms with Crippen LogP contribution in [-0.4, -0.2) is 23.4 Å². The highest BCUT2D eigenvalue weighted by atomic mass is 32.1. The SMILES string of the molecule is CCN1c2cc(F)c(/C=N/NC(=S)Nc3ccccc3)cc2C(C)=CC1(C)C. The second-order valence-electron chi connectivity index (χ2n) is 7.31. The summed E-state index contributed by atoms with van der Waals surface area (Å²) in [4.78, 5) is 2.20. The molecule has 1 heterocycles. The first-order valence-electron chi connectivity index (χ1n) is 9.28. The maximum atomic E-state index is 14.7. The lowest BCUT2D eigenvalue weighted by molar-refractivity contribution is 0.561. The zero-order valence-electron chi connectivity index (χ0n) is 16.6. The van der Waals surface area contributed by atoms with E-state index in [0.717, 1.165) is 29.1 Å². The summed E-state index contributed by atoms with van der Waals surface area (Å²) in [6.45, 7) is 9.22. The summed E-state index contributed by atoms with van der Waals surface area (Å²) in [5.41, 5.74) is 6.92. The lowest BCUT2D eigenvalue weighted by Gasteiger charge is -2.42. The highest BCUT2D eigenvalue weighted by Gasteiger charge is 2.30. The third-order valence-electron chi connectivity index (χ3n) is 4.81. The van der Waals surface area contributed by atoms with Gasteiger partial charge in [0.2, 0.25) is 0 Å². The largest absolute Gasteiger partial charge is 0.363 e. The van der Waals surface area contributed by atoms with E-state index in [0.29, 0.717) is 10.7 Å². The molecule has 0 spiro atoms. The molecule has 6 heteroatoms. The first-order valence-corrected chi connectivity index (χ1v) is 9.69. The summed E-state index contributed by atoms with van der Waals surface area (Å²) in [7, 11) is 0. The fraction of sp³-hybridized carbons (Fsp3) is 0.273. The monoisotopic (exact) mass is 396 g/mol. The molecule has 0 fully saturated rings. The van der Waals surface area contributed by atoms with Crippen molar-refractivity contribution in [2.45, 2.75) is 33.2 Å². The number of hydrogen-bond acceptors (Lipinski definition) is 3. The molecule has 0 aromatic heterocycles. The molecule has 0 unspecified atom stereocenters. The van der Waals surface area contributed by atoms with Gasteiger partial charge in [0.05, 0.1) is 11.8 Å². The maximum absolute atomic E-state index is 14.7. The number of allylic oxidation sites excluding steroid dienone is 1. The predicted octanol–water partition coefficient (Wildman–Crippen LogP) is 5.17. The Morgan fingerprint density at radius 3 is 2.64 bits per heavy atom. The van der Waals surface area contributed by atoms with E-state index in [1.54, 1.807) is 6.07 Å². The number of likely N-dealkylation sites (N-methyl/N-ethyl adjacent to an activating group) is 1. The van der Waals surface area contributed by atoms with Gasteiger partial charge in [-0.25, -0.2) is 4.39 Å². The number of fused-ring (bicyclic) bond motifs is 1. The molecule has 0 saturated heterocycles. The molecule has 0 saturated carbocycles. The van der Waals surface area contributed by atoms with Crippen molar-refractivity contribution in [3.63, 3.8) is 0 Å². The summed E-state index contributed by atoms with van der Waals surface area (Å²) >= 11 is 5.21. The number of halogens is 1. The zero-order chi connectivity index (χ0) is 20.3. The van der Waals surface area contributed by atoms with Crippen molar-refractivity contribution in [2.75, 3.05) is 16.8 Å². The average molecular weight is 397 g/mol. The van der Waals surface area contributed by atoms with E-state index in [-0.39, 0.29) is 11.4 Å². The van der Waals surface area contributed by atoms with Gasteiger partial charge in [-0.1, -0.05) is 24.3 Å². The van der Waals surface area contributed by atoms with Crippen LogP contribution in [0.5, 0.6) is 0 Å². The summed E-state index contributed by atoms with van der Waals surface area (Å²) in [6.07, 6.45) is 3.67. The Labute approximate surface area is 171 Å². The molecule has 1 aliphatic heterocycles. The Hall–Kier alpha value is -2.73. The number of thiocarbonyl (C=S) groups is 1. The van der Waals surface area contributed by atoms with Gasteiger partial charge < -0.3 is 10.2 Å². The maximum Gasteiger partial charge on any atom is 0.191 e. The van der Waals surface area contributed by atoms with Gasteiger partial charge >= 0.3 is 0 Å². The molecular weight excluding hydrogens is 371 g/mol. The average Bonchev–Trinajstić information content (AvgIpc) is 2.63. The number of para-hydroxylation sites is 1. The molecule has 0 amide bonds. The highest BCUT2D eigenvalue weighted by Crippen LogP contribution is 2.39. The molecule has 1 aliphatic rings. The van der Waals surface area contributed by atoms with Crippen LogP contribution in [0.4, 0.5) is 15.8 Å². The van der Waals surface area contributed by atoms with Crippen molar-refractivity contribution >= 4 is 40.5 Å². The molecule has 146 valence electrons. The second-order valence-corrected chi connectivity index (χ2v) is 7.71. The van der Waals surface area contributed by atoms with Crippen molar-refractivity contribution in [3.05, 3.63) is 65.5 Å². The lowest BCUT2D eigenvalue weighted by Crippen LogP contribution is -2.45. The van der Waals surface area contributed by atoms with Crippen LogP contribution < -0.4 is 15.6 Å². The lowest BCUT2D eigenvalue weighted by atomic mass is 9.88.